The molecule has 1 heterocycles. The van der Waals surface area contributed by atoms with E-state index < -0.39 is 0 Å². The largest absolute Gasteiger partial charge is 0.339 e. The molecule has 1 aliphatic rings. The lowest BCUT2D eigenvalue weighted by atomic mass is 10.1. The quantitative estimate of drug-likeness (QED) is 0.863. The minimum absolute atomic E-state index is 0.0306. The normalized spacial score (nSPS) is 14.5. The molecule has 0 aliphatic carbocycles. The van der Waals surface area contributed by atoms with Crippen molar-refractivity contribution < 1.29 is 14.4 Å². The molecule has 2 rings (SSSR count). The lowest BCUT2D eigenvalue weighted by molar-refractivity contribution is -0.135. The van der Waals surface area contributed by atoms with E-state index in [2.05, 4.69) is 10.6 Å². The molecule has 2 N–H and O–H groups in total. The molecule has 7 nitrogen and oxygen atoms in total. The number of carbonyl (C=O) groups is 3. The Morgan fingerprint density at radius 1 is 0.962 bits per heavy atom. The van der Waals surface area contributed by atoms with Gasteiger partial charge in [-0.05, 0) is 32.0 Å². The Labute approximate surface area is 154 Å². The van der Waals surface area contributed by atoms with Crippen molar-refractivity contribution in [1.29, 1.82) is 0 Å². The minimum Gasteiger partial charge on any atom is -0.339 e. The van der Waals surface area contributed by atoms with Crippen molar-refractivity contribution in [2.24, 2.45) is 5.92 Å². The van der Waals surface area contributed by atoms with Crippen molar-refractivity contribution in [2.45, 2.75) is 33.7 Å². The van der Waals surface area contributed by atoms with E-state index in [1.54, 1.807) is 29.2 Å². The third kappa shape index (κ3) is 5.21. The summed E-state index contributed by atoms with van der Waals surface area (Å²) < 4.78 is 0. The van der Waals surface area contributed by atoms with Crippen LogP contribution in [0.15, 0.2) is 24.3 Å². The maximum Gasteiger partial charge on any atom is 0.319 e. The number of nitrogens with zero attached hydrogens (tertiary/aromatic N) is 2. The highest BCUT2D eigenvalue weighted by Crippen LogP contribution is 2.15. The van der Waals surface area contributed by atoms with Gasteiger partial charge in [0.05, 0.1) is 0 Å². The summed E-state index contributed by atoms with van der Waals surface area (Å²) in [6.45, 7) is 9.66. The Bertz CT molecular complexity index is 665. The molecule has 1 aliphatic heterocycles. The van der Waals surface area contributed by atoms with Crippen LogP contribution in [-0.4, -0.2) is 59.9 Å². The van der Waals surface area contributed by atoms with Gasteiger partial charge in [-0.1, -0.05) is 19.9 Å². The zero-order valence-electron chi connectivity index (χ0n) is 15.9. The van der Waals surface area contributed by atoms with Gasteiger partial charge in [-0.25, -0.2) is 4.79 Å². The highest BCUT2D eigenvalue weighted by Gasteiger charge is 2.26. The van der Waals surface area contributed by atoms with Crippen LogP contribution in [0.2, 0.25) is 0 Å². The monoisotopic (exact) mass is 360 g/mol. The fourth-order valence-corrected chi connectivity index (χ4v) is 2.84. The number of amides is 4. The first kappa shape index (κ1) is 19.8. The fraction of sp³-hybridized carbons (Fsp3) is 0.526. The van der Waals surface area contributed by atoms with Crippen LogP contribution in [-0.2, 0) is 4.79 Å². The van der Waals surface area contributed by atoms with Gasteiger partial charge in [-0.3, -0.25) is 9.59 Å². The Balaban J connectivity index is 1.97. The number of carbonyl (C=O) groups excluding carboxylic acids is 3. The topological polar surface area (TPSA) is 81.8 Å². The van der Waals surface area contributed by atoms with E-state index in [9.17, 15) is 14.4 Å². The molecule has 0 unspecified atom stereocenters. The van der Waals surface area contributed by atoms with Crippen molar-refractivity contribution in [3.63, 3.8) is 0 Å². The van der Waals surface area contributed by atoms with E-state index in [-0.39, 0.29) is 29.8 Å². The summed E-state index contributed by atoms with van der Waals surface area (Å²) in [6.07, 6.45) is 0. The molecule has 0 aromatic heterocycles. The number of hydrogen-bond acceptors (Lipinski definition) is 3. The van der Waals surface area contributed by atoms with Gasteiger partial charge in [-0.15, -0.1) is 0 Å². The summed E-state index contributed by atoms with van der Waals surface area (Å²) in [7, 11) is 0. The fourth-order valence-electron chi connectivity index (χ4n) is 2.84. The number of benzene rings is 1. The molecule has 1 aromatic carbocycles. The van der Waals surface area contributed by atoms with E-state index in [1.807, 2.05) is 32.6 Å². The van der Waals surface area contributed by atoms with Gasteiger partial charge in [0, 0.05) is 49.4 Å². The third-order valence-electron chi connectivity index (χ3n) is 4.16. The molecule has 142 valence electrons. The molecule has 4 amide bonds. The van der Waals surface area contributed by atoms with Gasteiger partial charge in [0.15, 0.2) is 0 Å². The number of nitrogens with one attached hydrogen (secondary N) is 2. The van der Waals surface area contributed by atoms with Crippen LogP contribution in [0.4, 0.5) is 10.5 Å². The summed E-state index contributed by atoms with van der Waals surface area (Å²) in [5, 5.41) is 5.48. The lowest BCUT2D eigenvalue weighted by Gasteiger charge is -2.35. The van der Waals surface area contributed by atoms with Gasteiger partial charge in [0.25, 0.3) is 5.91 Å². The van der Waals surface area contributed by atoms with Crippen LogP contribution >= 0.6 is 0 Å². The number of hydrogen-bond donors (Lipinski definition) is 2. The van der Waals surface area contributed by atoms with Crippen molar-refractivity contribution >= 4 is 23.5 Å². The summed E-state index contributed by atoms with van der Waals surface area (Å²) in [5.74, 6) is 0.00557. The summed E-state index contributed by atoms with van der Waals surface area (Å²) in [4.78, 5) is 40.1. The first-order chi connectivity index (χ1) is 12.3. The summed E-state index contributed by atoms with van der Waals surface area (Å²) in [6, 6.07) is 6.63. The lowest BCUT2D eigenvalue weighted by Crippen LogP contribution is -2.51. The summed E-state index contributed by atoms with van der Waals surface area (Å²) >= 11 is 0. The van der Waals surface area contributed by atoms with Gasteiger partial charge >= 0.3 is 6.03 Å². The van der Waals surface area contributed by atoms with Crippen molar-refractivity contribution in [2.75, 3.05) is 31.5 Å². The molecule has 0 saturated carbocycles. The Hall–Kier alpha value is -2.57. The molecular weight excluding hydrogens is 332 g/mol. The first-order valence-electron chi connectivity index (χ1n) is 9.03. The number of urea groups is 1. The van der Waals surface area contributed by atoms with Crippen LogP contribution in [0.1, 0.15) is 38.1 Å². The van der Waals surface area contributed by atoms with Crippen LogP contribution in [0.25, 0.3) is 0 Å². The van der Waals surface area contributed by atoms with Crippen LogP contribution in [0.3, 0.4) is 0 Å². The molecule has 1 aromatic rings. The van der Waals surface area contributed by atoms with Crippen LogP contribution in [0, 0.1) is 5.92 Å². The predicted molar refractivity (Wildman–Crippen MR) is 101 cm³/mol. The molecule has 1 saturated heterocycles. The zero-order valence-corrected chi connectivity index (χ0v) is 15.9. The van der Waals surface area contributed by atoms with Gasteiger partial charge in [0.1, 0.15) is 0 Å². The van der Waals surface area contributed by atoms with Crippen molar-refractivity contribution in [1.82, 2.24) is 15.1 Å². The average molecular weight is 360 g/mol. The molecule has 7 heteroatoms. The van der Waals surface area contributed by atoms with E-state index in [4.69, 9.17) is 0 Å². The molecule has 0 radical (unpaired) electrons. The molecule has 0 atom stereocenters. The third-order valence-corrected chi connectivity index (χ3v) is 4.16. The van der Waals surface area contributed by atoms with Crippen LogP contribution < -0.4 is 10.6 Å². The Morgan fingerprint density at radius 3 is 2.15 bits per heavy atom. The Morgan fingerprint density at radius 2 is 1.58 bits per heavy atom. The van der Waals surface area contributed by atoms with Gasteiger partial charge < -0.3 is 20.4 Å². The van der Waals surface area contributed by atoms with E-state index in [0.29, 0.717) is 37.4 Å². The number of rotatable bonds is 4. The van der Waals surface area contributed by atoms with E-state index in [1.165, 1.54) is 0 Å². The van der Waals surface area contributed by atoms with Crippen molar-refractivity contribution in [3.05, 3.63) is 29.8 Å². The maximum absolute atomic E-state index is 12.7. The SMILES string of the molecule is CC(C)NC(=O)Nc1cccc(C(=O)N2CCN(C(=O)C(C)C)CC2)c1. The van der Waals surface area contributed by atoms with Gasteiger partial charge in [0.2, 0.25) is 5.91 Å². The van der Waals surface area contributed by atoms with Crippen LogP contribution in [0.5, 0.6) is 0 Å². The minimum atomic E-state index is -0.301. The number of piperazine rings is 1. The van der Waals surface area contributed by atoms with Crippen molar-refractivity contribution in [3.8, 4) is 0 Å². The maximum atomic E-state index is 12.7. The van der Waals surface area contributed by atoms with E-state index >= 15 is 0 Å². The highest BCUT2D eigenvalue weighted by atomic mass is 16.2. The molecular formula is C19H28N4O3. The van der Waals surface area contributed by atoms with Gasteiger partial charge in [-0.2, -0.15) is 0 Å². The first-order valence-corrected chi connectivity index (χ1v) is 9.03. The standard InChI is InChI=1S/C19H28N4O3/c1-13(2)17(24)22-8-10-23(11-9-22)18(25)15-6-5-7-16(12-15)21-19(26)20-14(3)4/h5-7,12-14H,8-11H2,1-4H3,(H2,20,21,26). The summed E-state index contributed by atoms with van der Waals surface area (Å²) in [5.41, 5.74) is 1.10. The van der Waals surface area contributed by atoms with E-state index in [0.717, 1.165) is 0 Å². The zero-order chi connectivity index (χ0) is 19.3. The molecule has 0 spiro atoms. The smallest absolute Gasteiger partial charge is 0.319 e. The molecule has 26 heavy (non-hydrogen) atoms. The predicted octanol–water partition coefficient (Wildman–Crippen LogP) is 2.16. The molecule has 0 bridgehead atoms. The average Bonchev–Trinajstić information content (AvgIpc) is 2.60. The highest BCUT2D eigenvalue weighted by molar-refractivity contribution is 5.97. The second-order valence-corrected chi connectivity index (χ2v) is 7.11. The second kappa shape index (κ2) is 8.69. The molecule has 1 fully saturated rings. The second-order valence-electron chi connectivity index (χ2n) is 7.11. The Kier molecular flexibility index (Phi) is 6.60. The number of anilines is 1.